The number of anilines is 1. The lowest BCUT2D eigenvalue weighted by molar-refractivity contribution is -0.205. The van der Waals surface area contributed by atoms with Crippen molar-refractivity contribution in [2.45, 2.75) is 97.9 Å². The second-order valence-electron chi connectivity index (χ2n) is 11.9. The largest absolute Gasteiger partial charge is 0.456 e. The van der Waals surface area contributed by atoms with Gasteiger partial charge in [-0.05, 0) is 86.1 Å². The monoisotopic (exact) mass is 566 g/mol. The maximum Gasteiger partial charge on any atom is 0.420 e. The Morgan fingerprint density at radius 2 is 1.27 bits per heavy atom. The fourth-order valence-electron chi connectivity index (χ4n) is 3.17. The number of hydrogen-bond acceptors (Lipinski definition) is 10. The van der Waals surface area contributed by atoms with E-state index in [0.29, 0.717) is 11.2 Å². The highest BCUT2D eigenvalue weighted by atomic mass is 16.7. The standard InChI is InChI=1S/C28H42N2O10/c1-25(2,3)38-21(32)18-12-13-20(29-22(33)28(36-10,37-11)14-15-31)19(16-18)17-30(23(34)39-26(4,5)6)24(35)40-27(7,8)9/h12-13,15-16H,14,17H2,1-11H3,(H,29,33). The van der Waals surface area contributed by atoms with Crippen LogP contribution >= 0.6 is 0 Å². The highest BCUT2D eigenvalue weighted by Gasteiger charge is 2.39. The topological polar surface area (TPSA) is 147 Å². The van der Waals surface area contributed by atoms with E-state index < -0.39 is 59.6 Å². The third-order valence-corrected chi connectivity index (χ3v) is 4.90. The van der Waals surface area contributed by atoms with E-state index in [1.165, 1.54) is 32.4 Å². The molecule has 0 aliphatic carbocycles. The van der Waals surface area contributed by atoms with Gasteiger partial charge in [-0.2, -0.15) is 0 Å². The number of methoxy groups -OCH3 is 2. The van der Waals surface area contributed by atoms with Crippen LogP contribution in [-0.2, 0) is 39.8 Å². The van der Waals surface area contributed by atoms with E-state index in [1.54, 1.807) is 62.3 Å². The molecule has 1 aromatic carbocycles. The number of carbonyl (C=O) groups is 5. The molecule has 0 unspecified atom stereocenters. The van der Waals surface area contributed by atoms with E-state index in [4.69, 9.17) is 23.7 Å². The van der Waals surface area contributed by atoms with Gasteiger partial charge in [0.2, 0.25) is 0 Å². The Balaban J connectivity index is 3.68. The highest BCUT2D eigenvalue weighted by molar-refractivity contribution is 5.99. The fraction of sp³-hybridized carbons (Fsp3) is 0.607. The molecule has 40 heavy (non-hydrogen) atoms. The molecule has 3 amide bonds. The van der Waals surface area contributed by atoms with Gasteiger partial charge in [0.05, 0.1) is 18.5 Å². The van der Waals surface area contributed by atoms with E-state index >= 15 is 0 Å². The van der Waals surface area contributed by atoms with Gasteiger partial charge in [-0.15, -0.1) is 0 Å². The molecule has 0 atom stereocenters. The summed E-state index contributed by atoms with van der Waals surface area (Å²) in [7, 11) is 2.40. The molecule has 1 N–H and O–H groups in total. The first-order valence-corrected chi connectivity index (χ1v) is 12.6. The fourth-order valence-corrected chi connectivity index (χ4v) is 3.17. The summed E-state index contributed by atoms with van der Waals surface area (Å²) in [5, 5.41) is 2.60. The lowest BCUT2D eigenvalue weighted by Gasteiger charge is -2.30. The summed E-state index contributed by atoms with van der Waals surface area (Å²) in [6.07, 6.45) is -1.97. The van der Waals surface area contributed by atoms with Crippen LogP contribution in [0.2, 0.25) is 0 Å². The molecule has 0 aliphatic rings. The van der Waals surface area contributed by atoms with Crippen molar-refractivity contribution in [1.82, 2.24) is 4.90 Å². The first kappa shape index (κ1) is 34.5. The molecule has 0 saturated carbocycles. The third-order valence-electron chi connectivity index (χ3n) is 4.90. The third kappa shape index (κ3) is 10.6. The van der Waals surface area contributed by atoms with Crippen LogP contribution in [-0.4, -0.2) is 72.1 Å². The molecule has 0 aliphatic heterocycles. The Morgan fingerprint density at radius 3 is 1.68 bits per heavy atom. The Kier molecular flexibility index (Phi) is 11.4. The summed E-state index contributed by atoms with van der Waals surface area (Å²) >= 11 is 0. The number of aldehydes is 1. The lowest BCUT2D eigenvalue weighted by atomic mass is 10.1. The van der Waals surface area contributed by atoms with Gasteiger partial charge < -0.3 is 33.8 Å². The summed E-state index contributed by atoms with van der Waals surface area (Å²) in [6.45, 7) is 14.5. The number of imide groups is 1. The van der Waals surface area contributed by atoms with Gasteiger partial charge in [-0.1, -0.05) is 0 Å². The van der Waals surface area contributed by atoms with Crippen molar-refractivity contribution < 1.29 is 47.7 Å². The number of ether oxygens (including phenoxy) is 5. The Labute approximate surface area is 235 Å². The first-order valence-electron chi connectivity index (χ1n) is 12.6. The van der Waals surface area contributed by atoms with Crippen molar-refractivity contribution in [3.8, 4) is 0 Å². The molecular formula is C28H42N2O10. The van der Waals surface area contributed by atoms with Gasteiger partial charge in [-0.3, -0.25) is 4.79 Å². The normalized spacial score (nSPS) is 12.3. The zero-order chi connectivity index (χ0) is 31.1. The van der Waals surface area contributed by atoms with Crippen molar-refractivity contribution in [3.05, 3.63) is 29.3 Å². The van der Waals surface area contributed by atoms with Crippen LogP contribution in [0.3, 0.4) is 0 Å². The molecule has 1 rings (SSSR count). The molecule has 12 nitrogen and oxygen atoms in total. The number of amides is 3. The SMILES string of the molecule is COC(CC=O)(OC)C(=O)Nc1ccc(C(=O)OC(C)(C)C)cc1CN(C(=O)OC(C)(C)C)C(=O)OC(C)(C)C. The number of esters is 1. The van der Waals surface area contributed by atoms with Crippen molar-refractivity contribution in [2.24, 2.45) is 0 Å². The number of rotatable bonds is 9. The summed E-state index contributed by atoms with van der Waals surface area (Å²) in [6, 6.07) is 4.16. The number of benzene rings is 1. The smallest absolute Gasteiger partial charge is 0.420 e. The molecule has 0 heterocycles. The zero-order valence-corrected chi connectivity index (χ0v) is 25.3. The molecule has 0 bridgehead atoms. The lowest BCUT2D eigenvalue weighted by Crippen LogP contribution is -2.47. The molecule has 0 spiro atoms. The van der Waals surface area contributed by atoms with Gasteiger partial charge >= 0.3 is 18.2 Å². The van der Waals surface area contributed by atoms with Crippen LogP contribution < -0.4 is 5.32 Å². The maximum absolute atomic E-state index is 13.2. The van der Waals surface area contributed by atoms with E-state index in [-0.39, 0.29) is 16.8 Å². The predicted molar refractivity (Wildman–Crippen MR) is 146 cm³/mol. The molecule has 0 saturated heterocycles. The number of nitrogens with zero attached hydrogens (tertiary/aromatic N) is 1. The minimum absolute atomic E-state index is 0.0916. The minimum atomic E-state index is -1.95. The maximum atomic E-state index is 13.2. The van der Waals surface area contributed by atoms with Crippen molar-refractivity contribution in [2.75, 3.05) is 19.5 Å². The highest BCUT2D eigenvalue weighted by Crippen LogP contribution is 2.26. The van der Waals surface area contributed by atoms with Gasteiger partial charge in [0.25, 0.3) is 11.7 Å². The molecule has 0 fully saturated rings. The second kappa shape index (κ2) is 13.2. The van der Waals surface area contributed by atoms with Gasteiger partial charge in [0, 0.05) is 19.9 Å². The first-order chi connectivity index (χ1) is 18.2. The zero-order valence-electron chi connectivity index (χ0n) is 25.3. The van der Waals surface area contributed by atoms with Crippen LogP contribution in [0, 0.1) is 0 Å². The Hall–Kier alpha value is -3.51. The summed E-state index contributed by atoms with van der Waals surface area (Å²) in [5.41, 5.74) is -2.35. The van der Waals surface area contributed by atoms with Crippen LogP contribution in [0.1, 0.15) is 84.7 Å². The number of hydrogen-bond donors (Lipinski definition) is 1. The molecule has 12 heteroatoms. The van der Waals surface area contributed by atoms with E-state index in [9.17, 15) is 24.0 Å². The van der Waals surface area contributed by atoms with Gasteiger partial charge in [0.15, 0.2) is 0 Å². The molecule has 0 aromatic heterocycles. The Morgan fingerprint density at radius 1 is 0.800 bits per heavy atom. The molecule has 1 aromatic rings. The quantitative estimate of drug-likeness (QED) is 0.191. The van der Waals surface area contributed by atoms with Crippen molar-refractivity contribution in [1.29, 1.82) is 0 Å². The van der Waals surface area contributed by atoms with Crippen LogP contribution in [0.4, 0.5) is 15.3 Å². The van der Waals surface area contributed by atoms with E-state index in [0.717, 1.165) is 0 Å². The molecule has 224 valence electrons. The average Bonchev–Trinajstić information content (AvgIpc) is 2.78. The van der Waals surface area contributed by atoms with Crippen LogP contribution in [0.25, 0.3) is 0 Å². The van der Waals surface area contributed by atoms with Crippen molar-refractivity contribution >= 4 is 36.0 Å². The van der Waals surface area contributed by atoms with Crippen LogP contribution in [0.15, 0.2) is 18.2 Å². The van der Waals surface area contributed by atoms with Gasteiger partial charge in [-0.25, -0.2) is 19.3 Å². The Bertz CT molecular complexity index is 1060. The predicted octanol–water partition coefficient (Wildman–Crippen LogP) is 4.83. The number of carbonyl (C=O) groups excluding carboxylic acids is 5. The average molecular weight is 567 g/mol. The van der Waals surface area contributed by atoms with Crippen molar-refractivity contribution in [3.63, 3.8) is 0 Å². The summed E-state index contributed by atoms with van der Waals surface area (Å²) in [5.74, 6) is -3.45. The summed E-state index contributed by atoms with van der Waals surface area (Å²) < 4.78 is 26.7. The molecular weight excluding hydrogens is 524 g/mol. The van der Waals surface area contributed by atoms with Crippen LogP contribution in [0.5, 0.6) is 0 Å². The van der Waals surface area contributed by atoms with E-state index in [1.807, 2.05) is 0 Å². The van der Waals surface area contributed by atoms with E-state index in [2.05, 4.69) is 5.32 Å². The summed E-state index contributed by atoms with van der Waals surface area (Å²) in [4.78, 5) is 64.1. The van der Waals surface area contributed by atoms with Gasteiger partial charge in [0.1, 0.15) is 23.1 Å². The number of nitrogens with one attached hydrogen (secondary N) is 1. The minimum Gasteiger partial charge on any atom is -0.456 e. The molecule has 0 radical (unpaired) electrons. The second-order valence-corrected chi connectivity index (χ2v) is 11.9.